The summed E-state index contributed by atoms with van der Waals surface area (Å²) in [5.41, 5.74) is 3.32. The van der Waals surface area contributed by atoms with E-state index in [0.717, 1.165) is 49.9 Å². The Morgan fingerprint density at radius 1 is 1.33 bits per heavy atom. The number of thiophene rings is 1. The number of amidine groups is 1. The Hall–Kier alpha value is -1.89. The van der Waals surface area contributed by atoms with Crippen molar-refractivity contribution >= 4 is 33.5 Å². The zero-order valence-electron chi connectivity index (χ0n) is 16.3. The highest BCUT2D eigenvalue weighted by Gasteiger charge is 2.28. The highest BCUT2D eigenvalue weighted by molar-refractivity contribution is 7.16. The van der Waals surface area contributed by atoms with Gasteiger partial charge in [0.2, 0.25) is 0 Å². The molecule has 0 bridgehead atoms. The third kappa shape index (κ3) is 3.88. The maximum absolute atomic E-state index is 5.28. The summed E-state index contributed by atoms with van der Waals surface area (Å²) < 4.78 is 5.28. The highest BCUT2D eigenvalue weighted by Crippen LogP contribution is 2.41. The number of piperazine rings is 1. The molecule has 2 aliphatic heterocycles. The summed E-state index contributed by atoms with van der Waals surface area (Å²) in [6.07, 6.45) is 1.02. The normalized spacial score (nSPS) is 19.2. The summed E-state index contributed by atoms with van der Waals surface area (Å²) >= 11 is 1.85. The lowest BCUT2D eigenvalue weighted by Gasteiger charge is -2.35. The standard InChI is InChI=1S/C21H28N4OS/c1-14(2)19-12-16-20(25-10-9-22-15(13-25)8-11-26-3)23-17-6-4-5-7-18(17)24-21(16)27-19/h4-7,12,14-15,22,24H,8-11,13H2,1-3H3. The van der Waals surface area contributed by atoms with E-state index in [0.29, 0.717) is 12.0 Å². The molecule has 1 aromatic heterocycles. The summed E-state index contributed by atoms with van der Waals surface area (Å²) in [4.78, 5) is 8.95. The van der Waals surface area contributed by atoms with E-state index < -0.39 is 0 Å². The number of hydrogen-bond acceptors (Lipinski definition) is 6. The fourth-order valence-electron chi connectivity index (χ4n) is 3.64. The van der Waals surface area contributed by atoms with Crippen molar-refractivity contribution in [1.82, 2.24) is 10.2 Å². The van der Waals surface area contributed by atoms with Gasteiger partial charge in [0.15, 0.2) is 0 Å². The molecule has 3 heterocycles. The quantitative estimate of drug-likeness (QED) is 0.824. The second-order valence-corrected chi connectivity index (χ2v) is 8.59. The predicted octanol–water partition coefficient (Wildman–Crippen LogP) is 4.32. The number of fused-ring (bicyclic) bond motifs is 2. The molecule has 27 heavy (non-hydrogen) atoms. The van der Waals surface area contributed by atoms with Crippen LogP contribution < -0.4 is 10.6 Å². The van der Waals surface area contributed by atoms with Gasteiger partial charge in [-0.05, 0) is 30.5 Å². The van der Waals surface area contributed by atoms with Gasteiger partial charge in [-0.1, -0.05) is 26.0 Å². The van der Waals surface area contributed by atoms with E-state index in [1.165, 1.54) is 15.4 Å². The molecule has 2 aliphatic rings. The number of hydrogen-bond donors (Lipinski definition) is 2. The van der Waals surface area contributed by atoms with E-state index >= 15 is 0 Å². The molecule has 5 nitrogen and oxygen atoms in total. The lowest BCUT2D eigenvalue weighted by molar-refractivity contribution is 0.168. The van der Waals surface area contributed by atoms with E-state index in [2.05, 4.69) is 59.7 Å². The molecule has 2 aromatic rings. The van der Waals surface area contributed by atoms with Crippen LogP contribution in [0.25, 0.3) is 0 Å². The zero-order chi connectivity index (χ0) is 18.8. The van der Waals surface area contributed by atoms with Crippen molar-refractivity contribution in [3.63, 3.8) is 0 Å². The Labute approximate surface area is 165 Å². The first kappa shape index (κ1) is 18.5. The molecule has 1 atom stereocenters. The van der Waals surface area contributed by atoms with Gasteiger partial charge in [0.25, 0.3) is 0 Å². The molecule has 4 rings (SSSR count). The van der Waals surface area contributed by atoms with Crippen molar-refractivity contribution < 1.29 is 4.74 Å². The van der Waals surface area contributed by atoms with Crippen LogP contribution in [0.5, 0.6) is 0 Å². The number of ether oxygens (including phenoxy) is 1. The van der Waals surface area contributed by atoms with Crippen LogP contribution in [0.4, 0.5) is 16.4 Å². The Balaban J connectivity index is 1.72. The smallest absolute Gasteiger partial charge is 0.139 e. The Kier molecular flexibility index (Phi) is 5.48. The van der Waals surface area contributed by atoms with Crippen molar-refractivity contribution in [2.75, 3.05) is 38.7 Å². The van der Waals surface area contributed by atoms with Crippen molar-refractivity contribution in [2.24, 2.45) is 4.99 Å². The highest BCUT2D eigenvalue weighted by atomic mass is 32.1. The van der Waals surface area contributed by atoms with Gasteiger partial charge in [-0.2, -0.15) is 0 Å². The molecule has 0 spiro atoms. The molecule has 2 N–H and O–H groups in total. The SMILES string of the molecule is COCCC1CN(C2=Nc3ccccc3Nc3sc(C(C)C)cc32)CCN1. The van der Waals surface area contributed by atoms with Crippen LogP contribution in [-0.4, -0.2) is 50.1 Å². The van der Waals surface area contributed by atoms with E-state index in [1.54, 1.807) is 7.11 Å². The van der Waals surface area contributed by atoms with Crippen LogP contribution in [-0.2, 0) is 4.74 Å². The van der Waals surface area contributed by atoms with E-state index in [4.69, 9.17) is 9.73 Å². The van der Waals surface area contributed by atoms with Crippen LogP contribution in [0.3, 0.4) is 0 Å². The number of para-hydroxylation sites is 2. The Morgan fingerprint density at radius 3 is 3.00 bits per heavy atom. The molecule has 1 saturated heterocycles. The number of methoxy groups -OCH3 is 1. The summed E-state index contributed by atoms with van der Waals surface area (Å²) in [5.74, 6) is 1.60. The second kappa shape index (κ2) is 8.00. The van der Waals surface area contributed by atoms with Crippen molar-refractivity contribution in [3.8, 4) is 0 Å². The number of nitrogens with zero attached hydrogens (tertiary/aromatic N) is 2. The largest absolute Gasteiger partial charge is 0.385 e. The molecule has 0 amide bonds. The molecular formula is C21H28N4OS. The summed E-state index contributed by atoms with van der Waals surface area (Å²) in [6, 6.07) is 11.1. The Morgan fingerprint density at radius 2 is 2.19 bits per heavy atom. The fourth-order valence-corrected chi connectivity index (χ4v) is 4.71. The van der Waals surface area contributed by atoms with Crippen LogP contribution >= 0.6 is 11.3 Å². The van der Waals surface area contributed by atoms with Gasteiger partial charge in [-0.15, -0.1) is 11.3 Å². The lowest BCUT2D eigenvalue weighted by atomic mass is 10.1. The third-order valence-corrected chi connectivity index (χ3v) is 6.52. The maximum Gasteiger partial charge on any atom is 0.139 e. The van der Waals surface area contributed by atoms with Gasteiger partial charge in [-0.3, -0.25) is 0 Å². The monoisotopic (exact) mass is 384 g/mol. The first-order chi connectivity index (χ1) is 13.2. The van der Waals surface area contributed by atoms with Crippen LogP contribution in [0.15, 0.2) is 35.3 Å². The number of rotatable bonds is 4. The molecule has 6 heteroatoms. The first-order valence-corrected chi connectivity index (χ1v) is 10.5. The van der Waals surface area contributed by atoms with Gasteiger partial charge in [-0.25, -0.2) is 4.99 Å². The van der Waals surface area contributed by atoms with Crippen LogP contribution in [0.2, 0.25) is 0 Å². The number of anilines is 2. The van der Waals surface area contributed by atoms with Crippen molar-refractivity contribution in [2.45, 2.75) is 32.2 Å². The van der Waals surface area contributed by atoms with Gasteiger partial charge in [0.1, 0.15) is 10.8 Å². The molecule has 0 radical (unpaired) electrons. The zero-order valence-corrected chi connectivity index (χ0v) is 17.1. The molecule has 1 unspecified atom stereocenters. The summed E-state index contributed by atoms with van der Waals surface area (Å²) in [6.45, 7) is 8.18. The topological polar surface area (TPSA) is 48.9 Å². The number of benzene rings is 1. The van der Waals surface area contributed by atoms with Gasteiger partial charge >= 0.3 is 0 Å². The first-order valence-electron chi connectivity index (χ1n) is 9.72. The molecule has 0 aliphatic carbocycles. The van der Waals surface area contributed by atoms with Crippen molar-refractivity contribution in [3.05, 3.63) is 40.8 Å². The number of aliphatic imine (C=N–C) groups is 1. The maximum atomic E-state index is 5.28. The minimum atomic E-state index is 0.430. The molecule has 144 valence electrons. The van der Waals surface area contributed by atoms with Crippen LogP contribution in [0, 0.1) is 0 Å². The summed E-state index contributed by atoms with van der Waals surface area (Å²) in [7, 11) is 1.77. The number of nitrogens with one attached hydrogen (secondary N) is 2. The van der Waals surface area contributed by atoms with Gasteiger partial charge < -0.3 is 20.3 Å². The summed E-state index contributed by atoms with van der Waals surface area (Å²) in [5, 5.41) is 8.45. The third-order valence-electron chi connectivity index (χ3n) is 5.17. The van der Waals surface area contributed by atoms with E-state index in [9.17, 15) is 0 Å². The van der Waals surface area contributed by atoms with Gasteiger partial charge in [0, 0.05) is 44.3 Å². The molecule has 1 fully saturated rings. The molecule has 0 saturated carbocycles. The average Bonchev–Trinajstić information content (AvgIpc) is 3.03. The molecular weight excluding hydrogens is 356 g/mol. The minimum absolute atomic E-state index is 0.430. The van der Waals surface area contributed by atoms with E-state index in [-0.39, 0.29) is 0 Å². The molecule has 1 aromatic carbocycles. The fraction of sp³-hybridized carbons (Fsp3) is 0.476. The van der Waals surface area contributed by atoms with Crippen molar-refractivity contribution in [1.29, 1.82) is 0 Å². The van der Waals surface area contributed by atoms with E-state index in [1.807, 2.05) is 11.3 Å². The van der Waals surface area contributed by atoms with Gasteiger partial charge in [0.05, 0.1) is 16.9 Å². The minimum Gasteiger partial charge on any atom is -0.385 e. The lowest BCUT2D eigenvalue weighted by Crippen LogP contribution is -2.53. The second-order valence-electron chi connectivity index (χ2n) is 7.50. The Bertz CT molecular complexity index is 829. The van der Waals surface area contributed by atoms with Crippen LogP contribution in [0.1, 0.15) is 36.6 Å². The predicted molar refractivity (Wildman–Crippen MR) is 114 cm³/mol. The average molecular weight is 385 g/mol.